The highest BCUT2D eigenvalue weighted by Gasteiger charge is 2.27. The number of rotatable bonds is 6. The van der Waals surface area contributed by atoms with Crippen molar-refractivity contribution in [2.75, 3.05) is 35.8 Å². The number of benzene rings is 2. The summed E-state index contributed by atoms with van der Waals surface area (Å²) in [4.78, 5) is 16.6. The van der Waals surface area contributed by atoms with Crippen molar-refractivity contribution in [2.24, 2.45) is 0 Å². The van der Waals surface area contributed by atoms with Gasteiger partial charge in [0.15, 0.2) is 0 Å². The van der Waals surface area contributed by atoms with Gasteiger partial charge in [0.25, 0.3) is 10.0 Å². The smallest absolute Gasteiger partial charge is 0.335 e. The van der Waals surface area contributed by atoms with Crippen LogP contribution in [0.5, 0.6) is 0 Å². The number of aromatic carboxylic acids is 1. The molecule has 2 aromatic carbocycles. The van der Waals surface area contributed by atoms with Crippen LogP contribution in [0.3, 0.4) is 0 Å². The maximum atomic E-state index is 13.4. The first-order chi connectivity index (χ1) is 16.2. The number of hydrogen-bond donors (Lipinski definition) is 2. The van der Waals surface area contributed by atoms with Crippen molar-refractivity contribution in [1.82, 2.24) is 4.90 Å². The molecule has 0 bridgehead atoms. The van der Waals surface area contributed by atoms with Crippen LogP contribution >= 0.6 is 0 Å². The van der Waals surface area contributed by atoms with Crippen LogP contribution in [0.2, 0.25) is 0 Å². The minimum absolute atomic E-state index is 0.0547. The number of sulfonamides is 1. The Labute approximate surface area is 202 Å². The average Bonchev–Trinajstić information content (AvgIpc) is 2.81. The molecule has 1 saturated heterocycles. The monoisotopic (exact) mass is 485 g/mol. The number of piperazine rings is 1. The Kier molecular flexibility index (Phi) is 7.19. The molecule has 0 radical (unpaired) electrons. The van der Waals surface area contributed by atoms with Crippen molar-refractivity contribution in [3.05, 3.63) is 52.6 Å². The van der Waals surface area contributed by atoms with Crippen molar-refractivity contribution in [2.45, 2.75) is 63.8 Å². The zero-order valence-electron chi connectivity index (χ0n) is 20.3. The fraction of sp³-hybridized carbons (Fsp3) is 0.500. The first kappa shape index (κ1) is 24.5. The van der Waals surface area contributed by atoms with Gasteiger partial charge in [0, 0.05) is 32.2 Å². The summed E-state index contributed by atoms with van der Waals surface area (Å²) in [6.45, 7) is 9.02. The fourth-order valence-electron chi connectivity index (χ4n) is 5.22. The molecule has 7 nitrogen and oxygen atoms in total. The van der Waals surface area contributed by atoms with Crippen LogP contribution in [0.1, 0.15) is 59.2 Å². The van der Waals surface area contributed by atoms with E-state index in [2.05, 4.69) is 14.5 Å². The van der Waals surface area contributed by atoms with Gasteiger partial charge in [-0.15, -0.1) is 0 Å². The van der Waals surface area contributed by atoms with Gasteiger partial charge in [0.1, 0.15) is 0 Å². The number of carboxylic acid groups (broad SMARTS) is 1. The summed E-state index contributed by atoms with van der Waals surface area (Å²) in [7, 11) is -3.89. The molecule has 8 heteroatoms. The number of anilines is 2. The Hall–Kier alpha value is -2.58. The second kappa shape index (κ2) is 9.96. The standard InChI is InChI=1S/C26H35N3O4S/c1-18-15-20(3)25(16-19(18)2)34(32,33)27-23-17-21(26(30)31)9-10-24(23)29-13-11-28(12-14-29)22-7-5-4-6-8-22/h9-10,15-17,22,27H,4-8,11-14H2,1-3H3,(H,30,31). The van der Waals surface area contributed by atoms with Crippen molar-refractivity contribution in [3.63, 3.8) is 0 Å². The first-order valence-corrected chi connectivity index (χ1v) is 13.6. The molecule has 1 aliphatic carbocycles. The zero-order valence-corrected chi connectivity index (χ0v) is 21.1. The highest BCUT2D eigenvalue weighted by molar-refractivity contribution is 7.92. The van der Waals surface area contributed by atoms with Gasteiger partial charge in [0.2, 0.25) is 0 Å². The van der Waals surface area contributed by atoms with Gasteiger partial charge in [-0.2, -0.15) is 0 Å². The molecular weight excluding hydrogens is 450 g/mol. The molecule has 2 aromatic rings. The highest BCUT2D eigenvalue weighted by Crippen LogP contribution is 2.32. The zero-order chi connectivity index (χ0) is 24.5. The molecule has 0 amide bonds. The Balaban J connectivity index is 1.60. The third-order valence-electron chi connectivity index (χ3n) is 7.31. The Bertz CT molecular complexity index is 1160. The van der Waals surface area contributed by atoms with Crippen LogP contribution in [-0.4, -0.2) is 56.6 Å². The molecule has 2 aliphatic rings. The third-order valence-corrected chi connectivity index (χ3v) is 8.82. The Morgan fingerprint density at radius 1 is 0.912 bits per heavy atom. The summed E-state index contributed by atoms with van der Waals surface area (Å²) in [6.07, 6.45) is 6.44. The second-order valence-corrected chi connectivity index (χ2v) is 11.3. The van der Waals surface area contributed by atoms with Crippen LogP contribution < -0.4 is 9.62 Å². The molecule has 0 unspecified atom stereocenters. The van der Waals surface area contributed by atoms with E-state index < -0.39 is 16.0 Å². The molecule has 2 N–H and O–H groups in total. The van der Waals surface area contributed by atoms with Crippen LogP contribution in [0.15, 0.2) is 35.2 Å². The summed E-state index contributed by atoms with van der Waals surface area (Å²) in [5, 5.41) is 9.52. The van der Waals surface area contributed by atoms with E-state index in [4.69, 9.17) is 0 Å². The summed E-state index contributed by atoms with van der Waals surface area (Å²) in [6, 6.07) is 8.89. The molecular formula is C26H35N3O4S. The lowest BCUT2D eigenvalue weighted by molar-refractivity contribution is 0.0697. The van der Waals surface area contributed by atoms with E-state index in [1.165, 1.54) is 38.2 Å². The van der Waals surface area contributed by atoms with E-state index in [1.807, 2.05) is 19.9 Å². The van der Waals surface area contributed by atoms with Gasteiger partial charge in [-0.05, 0) is 74.6 Å². The highest BCUT2D eigenvalue weighted by atomic mass is 32.2. The molecule has 0 atom stereocenters. The summed E-state index contributed by atoms with van der Waals surface area (Å²) in [5.74, 6) is -1.09. The maximum Gasteiger partial charge on any atom is 0.335 e. The van der Waals surface area contributed by atoms with E-state index in [0.717, 1.165) is 43.0 Å². The van der Waals surface area contributed by atoms with Crippen molar-refractivity contribution in [3.8, 4) is 0 Å². The van der Waals surface area contributed by atoms with Crippen LogP contribution in [0.4, 0.5) is 11.4 Å². The molecule has 0 aromatic heterocycles. The SMILES string of the molecule is Cc1cc(C)c(S(=O)(=O)Nc2cc(C(=O)O)ccc2N2CCN(C3CCCCC3)CC2)cc1C. The predicted molar refractivity (Wildman–Crippen MR) is 136 cm³/mol. The molecule has 2 fully saturated rings. The van der Waals surface area contributed by atoms with E-state index >= 15 is 0 Å². The number of carbonyl (C=O) groups is 1. The second-order valence-electron chi connectivity index (χ2n) is 9.66. The lowest BCUT2D eigenvalue weighted by Gasteiger charge is -2.42. The topological polar surface area (TPSA) is 89.9 Å². The van der Waals surface area contributed by atoms with Crippen molar-refractivity contribution < 1.29 is 18.3 Å². The minimum Gasteiger partial charge on any atom is -0.478 e. The summed E-state index contributed by atoms with van der Waals surface area (Å²) >= 11 is 0. The van der Waals surface area contributed by atoms with Gasteiger partial charge in [0.05, 0.1) is 21.8 Å². The molecule has 34 heavy (non-hydrogen) atoms. The average molecular weight is 486 g/mol. The quantitative estimate of drug-likeness (QED) is 0.623. The molecule has 0 spiro atoms. The van der Waals surface area contributed by atoms with Crippen LogP contribution in [-0.2, 0) is 10.0 Å². The molecule has 1 saturated carbocycles. The van der Waals surface area contributed by atoms with E-state index in [9.17, 15) is 18.3 Å². The summed E-state index contributed by atoms with van der Waals surface area (Å²) in [5.41, 5.74) is 3.67. The van der Waals surface area contributed by atoms with Gasteiger partial charge in [-0.1, -0.05) is 25.3 Å². The predicted octanol–water partition coefficient (Wildman–Crippen LogP) is 4.57. The minimum atomic E-state index is -3.89. The van der Waals surface area contributed by atoms with E-state index in [-0.39, 0.29) is 10.5 Å². The number of aryl methyl sites for hydroxylation is 3. The van der Waals surface area contributed by atoms with Crippen LogP contribution in [0, 0.1) is 20.8 Å². The number of nitrogens with zero attached hydrogens (tertiary/aromatic N) is 2. The van der Waals surface area contributed by atoms with Gasteiger partial charge in [-0.25, -0.2) is 13.2 Å². The van der Waals surface area contributed by atoms with Crippen molar-refractivity contribution in [1.29, 1.82) is 0 Å². The van der Waals surface area contributed by atoms with E-state index in [1.54, 1.807) is 25.1 Å². The Morgan fingerprint density at radius 2 is 1.56 bits per heavy atom. The number of nitrogens with one attached hydrogen (secondary N) is 1. The maximum absolute atomic E-state index is 13.4. The van der Waals surface area contributed by atoms with Crippen LogP contribution in [0.25, 0.3) is 0 Å². The molecule has 1 aliphatic heterocycles. The van der Waals surface area contributed by atoms with E-state index in [0.29, 0.717) is 17.3 Å². The molecule has 4 rings (SSSR count). The van der Waals surface area contributed by atoms with Gasteiger partial charge < -0.3 is 10.0 Å². The normalized spacial score (nSPS) is 18.1. The third kappa shape index (κ3) is 5.23. The number of hydrogen-bond acceptors (Lipinski definition) is 5. The molecule has 184 valence electrons. The lowest BCUT2D eigenvalue weighted by Crippen LogP contribution is -2.51. The summed E-state index contributed by atoms with van der Waals surface area (Å²) < 4.78 is 29.5. The first-order valence-electron chi connectivity index (χ1n) is 12.1. The Morgan fingerprint density at radius 3 is 2.21 bits per heavy atom. The van der Waals surface area contributed by atoms with Crippen molar-refractivity contribution >= 4 is 27.4 Å². The van der Waals surface area contributed by atoms with Gasteiger partial charge in [-0.3, -0.25) is 9.62 Å². The largest absolute Gasteiger partial charge is 0.478 e. The van der Waals surface area contributed by atoms with Gasteiger partial charge >= 0.3 is 5.97 Å². The number of carboxylic acids is 1. The lowest BCUT2D eigenvalue weighted by atomic mass is 9.94. The fourth-order valence-corrected chi connectivity index (χ4v) is 6.60. The molecule has 1 heterocycles.